The maximum absolute atomic E-state index is 12.4. The lowest BCUT2D eigenvalue weighted by molar-refractivity contribution is 0.0939. The molecule has 2 aromatic rings. The number of benzene rings is 1. The van der Waals surface area contributed by atoms with E-state index in [1.54, 1.807) is 29.5 Å². The Morgan fingerprint density at radius 3 is 2.77 bits per heavy atom. The van der Waals surface area contributed by atoms with Gasteiger partial charge in [-0.25, -0.2) is 0 Å². The highest BCUT2D eigenvalue weighted by Crippen LogP contribution is 2.23. The van der Waals surface area contributed by atoms with Crippen molar-refractivity contribution in [2.75, 3.05) is 27.7 Å². The van der Waals surface area contributed by atoms with Crippen molar-refractivity contribution in [2.24, 2.45) is 0 Å². The summed E-state index contributed by atoms with van der Waals surface area (Å²) in [6.07, 6.45) is 0. The summed E-state index contributed by atoms with van der Waals surface area (Å²) in [5.41, 5.74) is 1.63. The SMILES string of the molecule is COc1ccc(Cl)cc1C(=O)NC[C@H](c1ccsc1)N(C)C. The van der Waals surface area contributed by atoms with Gasteiger partial charge >= 0.3 is 0 Å². The van der Waals surface area contributed by atoms with Gasteiger partial charge in [0.05, 0.1) is 18.7 Å². The van der Waals surface area contributed by atoms with Crippen LogP contribution < -0.4 is 10.1 Å². The molecule has 0 aliphatic rings. The van der Waals surface area contributed by atoms with Crippen molar-refractivity contribution < 1.29 is 9.53 Å². The van der Waals surface area contributed by atoms with Crippen molar-refractivity contribution in [1.82, 2.24) is 10.2 Å². The highest BCUT2D eigenvalue weighted by Gasteiger charge is 2.18. The van der Waals surface area contributed by atoms with Gasteiger partial charge in [-0.3, -0.25) is 4.79 Å². The fourth-order valence-corrected chi connectivity index (χ4v) is 3.08. The molecule has 1 aromatic heterocycles. The number of methoxy groups -OCH3 is 1. The number of amides is 1. The molecule has 6 heteroatoms. The quantitative estimate of drug-likeness (QED) is 0.877. The van der Waals surface area contributed by atoms with E-state index in [4.69, 9.17) is 16.3 Å². The first kappa shape index (κ1) is 16.8. The molecule has 0 unspecified atom stereocenters. The molecule has 2 rings (SSSR count). The predicted octanol–water partition coefficient (Wildman–Crippen LogP) is 3.44. The molecule has 22 heavy (non-hydrogen) atoms. The minimum Gasteiger partial charge on any atom is -0.496 e. The van der Waals surface area contributed by atoms with Crippen molar-refractivity contribution in [2.45, 2.75) is 6.04 Å². The van der Waals surface area contributed by atoms with Gasteiger partial charge in [-0.1, -0.05) is 11.6 Å². The molecule has 0 spiro atoms. The topological polar surface area (TPSA) is 41.6 Å². The van der Waals surface area contributed by atoms with Gasteiger partial charge in [0.25, 0.3) is 5.91 Å². The van der Waals surface area contributed by atoms with Crippen molar-refractivity contribution in [3.05, 3.63) is 51.2 Å². The molecule has 0 aliphatic carbocycles. The molecule has 0 fully saturated rings. The Morgan fingerprint density at radius 2 is 2.18 bits per heavy atom. The fraction of sp³-hybridized carbons (Fsp3) is 0.312. The van der Waals surface area contributed by atoms with Crippen LogP contribution in [0, 0.1) is 0 Å². The van der Waals surface area contributed by atoms with E-state index in [1.165, 1.54) is 12.7 Å². The van der Waals surface area contributed by atoms with Crippen molar-refractivity contribution in [3.8, 4) is 5.75 Å². The monoisotopic (exact) mass is 338 g/mol. The molecule has 0 saturated heterocycles. The molecule has 118 valence electrons. The minimum atomic E-state index is -0.193. The molecule has 1 atom stereocenters. The van der Waals surface area contributed by atoms with E-state index >= 15 is 0 Å². The van der Waals surface area contributed by atoms with E-state index in [-0.39, 0.29) is 11.9 Å². The summed E-state index contributed by atoms with van der Waals surface area (Å²) >= 11 is 7.62. The van der Waals surface area contributed by atoms with E-state index in [0.29, 0.717) is 22.9 Å². The van der Waals surface area contributed by atoms with Gasteiger partial charge in [-0.15, -0.1) is 0 Å². The van der Waals surface area contributed by atoms with E-state index in [2.05, 4.69) is 21.7 Å². The van der Waals surface area contributed by atoms with Crippen LogP contribution in [0.3, 0.4) is 0 Å². The number of nitrogens with one attached hydrogen (secondary N) is 1. The maximum atomic E-state index is 12.4. The number of hydrogen-bond donors (Lipinski definition) is 1. The summed E-state index contributed by atoms with van der Waals surface area (Å²) in [6.45, 7) is 0.512. The first-order chi connectivity index (χ1) is 10.5. The Bertz CT molecular complexity index is 629. The highest BCUT2D eigenvalue weighted by molar-refractivity contribution is 7.07. The third kappa shape index (κ3) is 4.00. The predicted molar refractivity (Wildman–Crippen MR) is 91.1 cm³/mol. The van der Waals surface area contributed by atoms with Crippen LogP contribution >= 0.6 is 22.9 Å². The largest absolute Gasteiger partial charge is 0.496 e. The first-order valence-corrected chi connectivity index (χ1v) is 8.15. The van der Waals surface area contributed by atoms with E-state index in [0.717, 1.165) is 0 Å². The minimum absolute atomic E-state index is 0.125. The van der Waals surface area contributed by atoms with Gasteiger partial charge in [0.1, 0.15) is 5.75 Å². The van der Waals surface area contributed by atoms with E-state index < -0.39 is 0 Å². The van der Waals surface area contributed by atoms with Crippen LogP contribution in [0.5, 0.6) is 5.75 Å². The summed E-state index contributed by atoms with van der Waals surface area (Å²) in [6, 6.07) is 7.21. The van der Waals surface area contributed by atoms with Crippen LogP contribution in [0.1, 0.15) is 22.0 Å². The number of carbonyl (C=O) groups is 1. The lowest BCUT2D eigenvalue weighted by Gasteiger charge is -2.24. The summed E-state index contributed by atoms with van der Waals surface area (Å²) in [7, 11) is 5.52. The van der Waals surface area contributed by atoms with Gasteiger partial charge in [0, 0.05) is 11.6 Å². The Hall–Kier alpha value is -1.56. The highest BCUT2D eigenvalue weighted by atomic mass is 35.5. The van der Waals surface area contributed by atoms with Crippen LogP contribution in [0.25, 0.3) is 0 Å². The second-order valence-electron chi connectivity index (χ2n) is 5.09. The van der Waals surface area contributed by atoms with E-state index in [1.807, 2.05) is 19.5 Å². The molecule has 1 heterocycles. The van der Waals surface area contributed by atoms with E-state index in [9.17, 15) is 4.79 Å². The Labute approximate surface area is 139 Å². The third-order valence-corrected chi connectivity index (χ3v) is 4.35. The van der Waals surface area contributed by atoms with Crippen LogP contribution in [-0.2, 0) is 0 Å². The average molecular weight is 339 g/mol. The second kappa shape index (κ2) is 7.63. The molecule has 1 N–H and O–H groups in total. The van der Waals surface area contributed by atoms with Crippen LogP contribution in [0.2, 0.25) is 5.02 Å². The zero-order chi connectivity index (χ0) is 16.1. The Morgan fingerprint density at radius 1 is 1.41 bits per heavy atom. The summed E-state index contributed by atoms with van der Waals surface area (Å²) in [5, 5.41) is 7.59. The molecule has 0 saturated carbocycles. The van der Waals surface area contributed by atoms with Gasteiger partial charge in [-0.2, -0.15) is 11.3 Å². The number of ether oxygens (including phenoxy) is 1. The molecule has 1 amide bonds. The number of carbonyl (C=O) groups excluding carboxylic acids is 1. The number of halogens is 1. The molecular formula is C16H19ClN2O2S. The maximum Gasteiger partial charge on any atom is 0.255 e. The lowest BCUT2D eigenvalue weighted by Crippen LogP contribution is -2.34. The van der Waals surface area contributed by atoms with Gasteiger partial charge < -0.3 is 15.0 Å². The molecule has 1 aromatic carbocycles. The number of hydrogen-bond acceptors (Lipinski definition) is 4. The van der Waals surface area contributed by atoms with Gasteiger partial charge in [-0.05, 0) is 54.7 Å². The standard InChI is InChI=1S/C16H19ClN2O2S/c1-19(2)14(11-6-7-22-10-11)9-18-16(20)13-8-12(17)4-5-15(13)21-3/h4-8,10,14H,9H2,1-3H3,(H,18,20)/t14-/m1/s1. The normalized spacial score (nSPS) is 12.2. The van der Waals surface area contributed by atoms with Crippen LogP contribution in [-0.4, -0.2) is 38.6 Å². The molecule has 0 bridgehead atoms. The second-order valence-corrected chi connectivity index (χ2v) is 6.31. The van der Waals surface area contributed by atoms with Crippen molar-refractivity contribution >= 4 is 28.8 Å². The summed E-state index contributed by atoms with van der Waals surface area (Å²) in [5.74, 6) is 0.320. The van der Waals surface area contributed by atoms with Gasteiger partial charge in [0.15, 0.2) is 0 Å². The Kier molecular flexibility index (Phi) is 5.83. The molecule has 0 radical (unpaired) electrons. The summed E-state index contributed by atoms with van der Waals surface area (Å²) < 4.78 is 5.22. The Balaban J connectivity index is 2.10. The smallest absolute Gasteiger partial charge is 0.255 e. The van der Waals surface area contributed by atoms with Crippen molar-refractivity contribution in [3.63, 3.8) is 0 Å². The van der Waals surface area contributed by atoms with Gasteiger partial charge in [0.2, 0.25) is 0 Å². The lowest BCUT2D eigenvalue weighted by atomic mass is 10.1. The van der Waals surface area contributed by atoms with Crippen molar-refractivity contribution in [1.29, 1.82) is 0 Å². The molecule has 0 aliphatic heterocycles. The molecular weight excluding hydrogens is 320 g/mol. The zero-order valence-electron chi connectivity index (χ0n) is 12.8. The average Bonchev–Trinajstić information content (AvgIpc) is 3.01. The number of nitrogens with zero attached hydrogens (tertiary/aromatic N) is 1. The third-order valence-electron chi connectivity index (χ3n) is 3.41. The number of rotatable bonds is 6. The number of likely N-dealkylation sites (N-methyl/N-ethyl adjacent to an activating group) is 1. The number of thiophene rings is 1. The van der Waals surface area contributed by atoms with Crippen LogP contribution in [0.15, 0.2) is 35.0 Å². The zero-order valence-corrected chi connectivity index (χ0v) is 14.4. The fourth-order valence-electron chi connectivity index (χ4n) is 2.21. The molecule has 4 nitrogen and oxygen atoms in total. The summed E-state index contributed by atoms with van der Waals surface area (Å²) in [4.78, 5) is 14.5. The van der Waals surface area contributed by atoms with Crippen LogP contribution in [0.4, 0.5) is 0 Å². The first-order valence-electron chi connectivity index (χ1n) is 6.83.